The molecule has 0 saturated carbocycles. The van der Waals surface area contributed by atoms with Crippen molar-refractivity contribution < 1.29 is 24.0 Å². The molecule has 0 fully saturated rings. The SMILES string of the molecule is C=CCN1C(=O)N(C(=O)c2ccccc2Cl)C(c2cccc([N+](=O)[O-])c2)C(C(=O)OC(C)C)=C1C. The molecule has 1 unspecified atom stereocenters. The first kappa shape index (κ1) is 25.6. The van der Waals surface area contributed by atoms with Crippen LogP contribution in [0.15, 0.2) is 72.5 Å². The predicted molar refractivity (Wildman–Crippen MR) is 130 cm³/mol. The normalized spacial score (nSPS) is 15.9. The van der Waals surface area contributed by atoms with Crippen molar-refractivity contribution in [1.82, 2.24) is 9.80 Å². The Morgan fingerprint density at radius 2 is 1.91 bits per heavy atom. The van der Waals surface area contributed by atoms with E-state index in [0.29, 0.717) is 0 Å². The van der Waals surface area contributed by atoms with Crippen LogP contribution in [0.25, 0.3) is 0 Å². The van der Waals surface area contributed by atoms with Gasteiger partial charge in [0.1, 0.15) is 6.04 Å². The van der Waals surface area contributed by atoms with Gasteiger partial charge in [0, 0.05) is 24.4 Å². The molecular weight excluding hydrogens is 474 g/mol. The summed E-state index contributed by atoms with van der Waals surface area (Å²) in [7, 11) is 0. The summed E-state index contributed by atoms with van der Waals surface area (Å²) >= 11 is 6.26. The molecule has 2 aromatic carbocycles. The van der Waals surface area contributed by atoms with Crippen LogP contribution in [-0.4, -0.2) is 45.3 Å². The molecule has 35 heavy (non-hydrogen) atoms. The van der Waals surface area contributed by atoms with Crippen molar-refractivity contribution in [2.45, 2.75) is 32.9 Å². The number of hydrogen-bond acceptors (Lipinski definition) is 6. The summed E-state index contributed by atoms with van der Waals surface area (Å²) < 4.78 is 5.45. The number of hydrogen-bond donors (Lipinski definition) is 0. The first-order valence-corrected chi connectivity index (χ1v) is 11.1. The van der Waals surface area contributed by atoms with Crippen LogP contribution < -0.4 is 0 Å². The molecule has 0 saturated heterocycles. The summed E-state index contributed by atoms with van der Waals surface area (Å²) in [6, 6.07) is 9.60. The van der Waals surface area contributed by atoms with E-state index in [1.54, 1.807) is 32.9 Å². The lowest BCUT2D eigenvalue weighted by Gasteiger charge is -2.41. The highest BCUT2D eigenvalue weighted by Gasteiger charge is 2.46. The quantitative estimate of drug-likeness (QED) is 0.223. The highest BCUT2D eigenvalue weighted by atomic mass is 35.5. The van der Waals surface area contributed by atoms with Gasteiger partial charge in [-0.1, -0.05) is 41.9 Å². The molecule has 0 radical (unpaired) electrons. The van der Waals surface area contributed by atoms with E-state index in [4.69, 9.17) is 16.3 Å². The standard InChI is InChI=1S/C25H24ClN3O6/c1-5-13-27-16(4)21(24(31)35-15(2)3)22(17-9-8-10-18(14-17)29(33)34)28(25(27)32)23(30)19-11-6-7-12-20(19)26/h5-12,14-15,22H,1,13H2,2-4H3. The van der Waals surface area contributed by atoms with E-state index in [-0.39, 0.29) is 39.7 Å². The smallest absolute Gasteiger partial charge is 0.338 e. The molecule has 0 N–H and O–H groups in total. The zero-order chi connectivity index (χ0) is 25.9. The van der Waals surface area contributed by atoms with Crippen LogP contribution in [0.3, 0.4) is 0 Å². The Balaban J connectivity index is 2.33. The fraction of sp³-hybridized carbons (Fsp3) is 0.240. The number of halogens is 1. The number of allylic oxidation sites excluding steroid dienone is 1. The number of carbonyl (C=O) groups is 3. The lowest BCUT2D eigenvalue weighted by molar-refractivity contribution is -0.384. The molecule has 1 aliphatic heterocycles. The Labute approximate surface area is 207 Å². The third-order valence-corrected chi connectivity index (χ3v) is 5.69. The van der Waals surface area contributed by atoms with Gasteiger partial charge in [0.2, 0.25) is 0 Å². The van der Waals surface area contributed by atoms with Crippen molar-refractivity contribution in [3.63, 3.8) is 0 Å². The number of amides is 3. The molecule has 1 atom stereocenters. The number of ether oxygens (including phenoxy) is 1. The van der Waals surface area contributed by atoms with Gasteiger partial charge in [0.25, 0.3) is 11.6 Å². The van der Waals surface area contributed by atoms with Crippen LogP contribution in [-0.2, 0) is 9.53 Å². The second-order valence-corrected chi connectivity index (χ2v) is 8.45. The number of carbonyl (C=O) groups excluding carboxylic acids is 3. The first-order valence-electron chi connectivity index (χ1n) is 10.7. The Hall–Kier alpha value is -3.98. The minimum Gasteiger partial charge on any atom is -0.459 e. The number of nitro benzene ring substituents is 1. The number of nitro groups is 1. The molecule has 9 nitrogen and oxygen atoms in total. The number of benzene rings is 2. The van der Waals surface area contributed by atoms with E-state index < -0.39 is 35.0 Å². The highest BCUT2D eigenvalue weighted by Crippen LogP contribution is 2.40. The lowest BCUT2D eigenvalue weighted by Crippen LogP contribution is -2.53. The lowest BCUT2D eigenvalue weighted by atomic mass is 9.92. The minimum atomic E-state index is -1.29. The maximum atomic E-state index is 13.7. The van der Waals surface area contributed by atoms with Crippen LogP contribution in [0.5, 0.6) is 0 Å². The summed E-state index contributed by atoms with van der Waals surface area (Å²) in [5.41, 5.74) is 0.220. The molecule has 0 aliphatic carbocycles. The third kappa shape index (κ3) is 5.09. The third-order valence-electron chi connectivity index (χ3n) is 5.36. The van der Waals surface area contributed by atoms with E-state index in [1.165, 1.54) is 47.4 Å². The zero-order valence-electron chi connectivity index (χ0n) is 19.4. The van der Waals surface area contributed by atoms with Gasteiger partial charge >= 0.3 is 12.0 Å². The van der Waals surface area contributed by atoms with Crippen LogP contribution >= 0.6 is 11.6 Å². The Bertz CT molecular complexity index is 1240. The predicted octanol–water partition coefficient (Wildman–Crippen LogP) is 5.28. The van der Waals surface area contributed by atoms with Crippen LogP contribution in [0.2, 0.25) is 5.02 Å². The topological polar surface area (TPSA) is 110 Å². The largest absolute Gasteiger partial charge is 0.459 e. The summed E-state index contributed by atoms with van der Waals surface area (Å²) in [6.07, 6.45) is 0.963. The van der Waals surface area contributed by atoms with Crippen molar-refractivity contribution in [2.24, 2.45) is 0 Å². The molecule has 10 heteroatoms. The second-order valence-electron chi connectivity index (χ2n) is 8.04. The number of imide groups is 1. The number of urea groups is 1. The molecule has 1 aliphatic rings. The molecule has 182 valence electrons. The van der Waals surface area contributed by atoms with Gasteiger partial charge < -0.3 is 4.74 Å². The van der Waals surface area contributed by atoms with E-state index in [0.717, 1.165) is 4.90 Å². The van der Waals surface area contributed by atoms with E-state index >= 15 is 0 Å². The van der Waals surface area contributed by atoms with Gasteiger partial charge in [-0.05, 0) is 38.5 Å². The fourth-order valence-corrected chi connectivity index (χ4v) is 4.05. The molecule has 0 bridgehead atoms. The number of nitrogens with zero attached hydrogens (tertiary/aromatic N) is 3. The summed E-state index contributed by atoms with van der Waals surface area (Å²) in [5.74, 6) is -1.53. The van der Waals surface area contributed by atoms with Gasteiger partial charge in [-0.3, -0.25) is 19.8 Å². The summed E-state index contributed by atoms with van der Waals surface area (Å²) in [6.45, 7) is 8.56. The van der Waals surface area contributed by atoms with Crippen molar-refractivity contribution in [3.05, 3.63) is 98.7 Å². The number of esters is 1. The Morgan fingerprint density at radius 3 is 2.51 bits per heavy atom. The molecule has 1 heterocycles. The van der Waals surface area contributed by atoms with Crippen LogP contribution in [0, 0.1) is 10.1 Å². The van der Waals surface area contributed by atoms with Gasteiger partial charge in [-0.2, -0.15) is 0 Å². The van der Waals surface area contributed by atoms with Gasteiger partial charge in [0.05, 0.1) is 27.2 Å². The summed E-state index contributed by atoms with van der Waals surface area (Å²) in [5, 5.41) is 11.6. The molecule has 3 amide bonds. The highest BCUT2D eigenvalue weighted by molar-refractivity contribution is 6.34. The number of non-ortho nitro benzene ring substituents is 1. The average Bonchev–Trinajstić information content (AvgIpc) is 2.80. The molecule has 0 spiro atoms. The average molecular weight is 498 g/mol. The molecule has 0 aromatic heterocycles. The zero-order valence-corrected chi connectivity index (χ0v) is 20.2. The van der Waals surface area contributed by atoms with Crippen molar-refractivity contribution in [2.75, 3.05) is 6.54 Å². The van der Waals surface area contributed by atoms with Gasteiger partial charge in [-0.15, -0.1) is 6.58 Å². The maximum absolute atomic E-state index is 13.7. The minimum absolute atomic E-state index is 0.000974. The van der Waals surface area contributed by atoms with Crippen molar-refractivity contribution in [1.29, 1.82) is 0 Å². The van der Waals surface area contributed by atoms with Crippen LogP contribution in [0.4, 0.5) is 10.5 Å². The van der Waals surface area contributed by atoms with Crippen LogP contribution in [0.1, 0.15) is 42.7 Å². The fourth-order valence-electron chi connectivity index (χ4n) is 3.83. The summed E-state index contributed by atoms with van der Waals surface area (Å²) in [4.78, 5) is 53.7. The van der Waals surface area contributed by atoms with Gasteiger partial charge in [-0.25, -0.2) is 14.5 Å². The number of rotatable bonds is 7. The van der Waals surface area contributed by atoms with E-state index in [2.05, 4.69) is 6.58 Å². The molecular formula is C25H24ClN3O6. The second kappa shape index (κ2) is 10.5. The van der Waals surface area contributed by atoms with E-state index in [1.807, 2.05) is 0 Å². The maximum Gasteiger partial charge on any atom is 0.338 e. The van der Waals surface area contributed by atoms with Crippen molar-refractivity contribution >= 4 is 35.2 Å². The van der Waals surface area contributed by atoms with Gasteiger partial charge in [0.15, 0.2) is 0 Å². The Morgan fingerprint density at radius 1 is 1.23 bits per heavy atom. The first-order chi connectivity index (χ1) is 16.6. The van der Waals surface area contributed by atoms with Crippen molar-refractivity contribution in [3.8, 4) is 0 Å². The monoisotopic (exact) mass is 497 g/mol. The Kier molecular flexibility index (Phi) is 7.71. The molecule has 3 rings (SSSR count). The van der Waals surface area contributed by atoms with E-state index in [9.17, 15) is 24.5 Å². The molecule has 2 aromatic rings.